The highest BCUT2D eigenvalue weighted by molar-refractivity contribution is 5.87. The zero-order valence-corrected chi connectivity index (χ0v) is 19.4. The number of hydrogen-bond acceptors (Lipinski definition) is 5. The average molecular weight is 440 g/mol. The molecule has 0 saturated carbocycles. The lowest BCUT2D eigenvalue weighted by atomic mass is 10.1. The topological polar surface area (TPSA) is 65.0 Å². The van der Waals surface area contributed by atoms with Gasteiger partial charge in [0.1, 0.15) is 13.2 Å². The number of hydrogen-bond donors (Lipinski definition) is 1. The summed E-state index contributed by atoms with van der Waals surface area (Å²) in [4.78, 5) is 14.1. The standard InChI is InChI=1S/C25H33N3O4/c1-5-12-28(25(29)31-6-2)18-20-17-27(4)24-16-22(9-10-23(20)24)26-21-8-7-19(3)32-15-14-30-13-11-21/h7-11,13,16-17,26H,5-6,12,14-15,18H2,1-4H3/b13-11?,19-7+,21-8?. The van der Waals surface area contributed by atoms with Gasteiger partial charge >= 0.3 is 6.09 Å². The Hall–Kier alpha value is -3.35. The highest BCUT2D eigenvalue weighted by atomic mass is 16.6. The molecule has 1 aliphatic heterocycles. The van der Waals surface area contributed by atoms with Crippen molar-refractivity contribution in [2.24, 2.45) is 7.05 Å². The second kappa shape index (κ2) is 11.3. The molecular formula is C25H33N3O4. The van der Waals surface area contributed by atoms with Gasteiger partial charge in [-0.25, -0.2) is 4.79 Å². The molecular weight excluding hydrogens is 406 g/mol. The molecule has 0 aliphatic carbocycles. The fourth-order valence-electron chi connectivity index (χ4n) is 3.60. The summed E-state index contributed by atoms with van der Waals surface area (Å²) in [6.45, 7) is 8.41. The van der Waals surface area contributed by atoms with Gasteiger partial charge in [-0.15, -0.1) is 0 Å². The number of carbonyl (C=O) groups is 1. The molecule has 0 saturated heterocycles. The van der Waals surface area contributed by atoms with Gasteiger partial charge in [-0.05, 0) is 56.2 Å². The van der Waals surface area contributed by atoms with E-state index in [9.17, 15) is 4.79 Å². The van der Waals surface area contributed by atoms with Gasteiger partial charge in [0.2, 0.25) is 0 Å². The van der Waals surface area contributed by atoms with Crippen LogP contribution in [0.3, 0.4) is 0 Å². The van der Waals surface area contributed by atoms with Crippen LogP contribution in [0.1, 0.15) is 32.8 Å². The molecule has 0 radical (unpaired) electrons. The number of aromatic nitrogens is 1. The molecule has 2 aromatic rings. The van der Waals surface area contributed by atoms with Gasteiger partial charge in [-0.3, -0.25) is 0 Å². The molecule has 7 nitrogen and oxygen atoms in total. The molecule has 1 N–H and O–H groups in total. The third-order valence-corrected chi connectivity index (χ3v) is 5.11. The second-order valence-electron chi connectivity index (χ2n) is 7.66. The van der Waals surface area contributed by atoms with Gasteiger partial charge in [0, 0.05) is 36.6 Å². The molecule has 0 bridgehead atoms. The van der Waals surface area contributed by atoms with Crippen molar-refractivity contribution in [2.45, 2.75) is 33.7 Å². The van der Waals surface area contributed by atoms with E-state index in [-0.39, 0.29) is 6.09 Å². The molecule has 0 atom stereocenters. The predicted octanol–water partition coefficient (Wildman–Crippen LogP) is 5.31. The second-order valence-corrected chi connectivity index (χ2v) is 7.66. The summed E-state index contributed by atoms with van der Waals surface area (Å²) in [5, 5.41) is 4.56. The van der Waals surface area contributed by atoms with E-state index < -0.39 is 0 Å². The SMILES string of the molecule is CCCN(Cc1cn(C)c2cc(NC3=C/C=C(\C)OCCOC=C3)ccc12)C(=O)OCC. The largest absolute Gasteiger partial charge is 0.498 e. The van der Waals surface area contributed by atoms with Gasteiger partial charge in [-0.2, -0.15) is 0 Å². The van der Waals surface area contributed by atoms with E-state index in [4.69, 9.17) is 14.2 Å². The summed E-state index contributed by atoms with van der Waals surface area (Å²) >= 11 is 0. The Morgan fingerprint density at radius 1 is 1.25 bits per heavy atom. The number of nitrogens with zero attached hydrogens (tertiary/aromatic N) is 2. The molecule has 1 amide bonds. The lowest BCUT2D eigenvalue weighted by molar-refractivity contribution is 0.105. The van der Waals surface area contributed by atoms with Crippen LogP contribution in [-0.4, -0.2) is 41.9 Å². The van der Waals surface area contributed by atoms with Crippen molar-refractivity contribution >= 4 is 22.7 Å². The van der Waals surface area contributed by atoms with Gasteiger partial charge in [0.25, 0.3) is 0 Å². The van der Waals surface area contributed by atoms with Gasteiger partial charge in [0.15, 0.2) is 0 Å². The molecule has 0 spiro atoms. The number of benzene rings is 1. The molecule has 1 aromatic heterocycles. The van der Waals surface area contributed by atoms with Crippen LogP contribution in [0.25, 0.3) is 10.9 Å². The molecule has 2 heterocycles. The maximum atomic E-state index is 12.3. The van der Waals surface area contributed by atoms with Crippen LogP contribution in [0.2, 0.25) is 0 Å². The smallest absolute Gasteiger partial charge is 0.410 e. The number of ether oxygens (including phenoxy) is 3. The van der Waals surface area contributed by atoms with Crippen molar-refractivity contribution in [1.29, 1.82) is 0 Å². The van der Waals surface area contributed by atoms with Crippen molar-refractivity contribution in [3.05, 3.63) is 65.9 Å². The number of rotatable bonds is 7. The number of nitrogens with one attached hydrogen (secondary N) is 1. The maximum absolute atomic E-state index is 12.3. The minimum absolute atomic E-state index is 0.270. The molecule has 0 fully saturated rings. The normalized spacial score (nSPS) is 15.8. The fraction of sp³-hybridized carbons (Fsp3) is 0.400. The van der Waals surface area contributed by atoms with Crippen LogP contribution in [-0.2, 0) is 27.8 Å². The van der Waals surface area contributed by atoms with E-state index >= 15 is 0 Å². The third-order valence-electron chi connectivity index (χ3n) is 5.11. The van der Waals surface area contributed by atoms with Gasteiger partial charge < -0.3 is 29.0 Å². The number of allylic oxidation sites excluding steroid dienone is 4. The lowest BCUT2D eigenvalue weighted by Gasteiger charge is -2.21. The first-order valence-electron chi connectivity index (χ1n) is 11.1. The predicted molar refractivity (Wildman–Crippen MR) is 127 cm³/mol. The van der Waals surface area contributed by atoms with E-state index in [1.807, 2.05) is 45.2 Å². The fourth-order valence-corrected chi connectivity index (χ4v) is 3.60. The number of aryl methyl sites for hydroxylation is 1. The zero-order valence-electron chi connectivity index (χ0n) is 19.4. The number of anilines is 1. The summed E-state index contributed by atoms with van der Waals surface area (Å²) in [5.74, 6) is 0.837. The minimum Gasteiger partial charge on any atom is -0.498 e. The van der Waals surface area contributed by atoms with Gasteiger partial charge in [0.05, 0.1) is 30.7 Å². The Morgan fingerprint density at radius 3 is 2.88 bits per heavy atom. The summed E-state index contributed by atoms with van der Waals surface area (Å²) in [7, 11) is 2.02. The third kappa shape index (κ3) is 6.09. The minimum atomic E-state index is -0.270. The van der Waals surface area contributed by atoms with Crippen LogP contribution < -0.4 is 5.32 Å². The maximum Gasteiger partial charge on any atom is 0.410 e. The average Bonchev–Trinajstić information content (AvgIpc) is 3.08. The molecule has 3 rings (SSSR count). The van der Waals surface area contributed by atoms with Crippen molar-refractivity contribution in [3.63, 3.8) is 0 Å². The lowest BCUT2D eigenvalue weighted by Crippen LogP contribution is -2.31. The van der Waals surface area contributed by atoms with E-state index in [1.54, 1.807) is 11.2 Å². The Balaban J connectivity index is 1.84. The Kier molecular flexibility index (Phi) is 8.25. The summed E-state index contributed by atoms with van der Waals surface area (Å²) in [6.07, 6.45) is 10.2. The number of carbonyl (C=O) groups excluding carboxylic acids is 1. The Morgan fingerprint density at radius 2 is 2.09 bits per heavy atom. The number of fused-ring (bicyclic) bond motifs is 1. The molecule has 1 aromatic carbocycles. The monoisotopic (exact) mass is 439 g/mol. The first-order chi connectivity index (χ1) is 15.5. The first-order valence-corrected chi connectivity index (χ1v) is 11.1. The molecule has 172 valence electrons. The van der Waals surface area contributed by atoms with Crippen molar-refractivity contribution in [1.82, 2.24) is 9.47 Å². The van der Waals surface area contributed by atoms with Crippen molar-refractivity contribution in [3.8, 4) is 0 Å². The van der Waals surface area contributed by atoms with E-state index in [0.29, 0.717) is 32.9 Å². The molecule has 1 aliphatic rings. The summed E-state index contributed by atoms with van der Waals surface area (Å²) in [5.41, 5.74) is 4.03. The van der Waals surface area contributed by atoms with E-state index in [1.165, 1.54) is 0 Å². The van der Waals surface area contributed by atoms with Crippen LogP contribution in [0.15, 0.2) is 60.3 Å². The van der Waals surface area contributed by atoms with Crippen molar-refractivity contribution in [2.75, 3.05) is 31.7 Å². The summed E-state index contributed by atoms with van der Waals surface area (Å²) in [6, 6.07) is 6.24. The quantitative estimate of drug-likeness (QED) is 0.634. The Bertz CT molecular complexity index is 1020. The van der Waals surface area contributed by atoms with Crippen LogP contribution in [0, 0.1) is 0 Å². The zero-order chi connectivity index (χ0) is 22.9. The molecule has 32 heavy (non-hydrogen) atoms. The molecule has 0 unspecified atom stereocenters. The van der Waals surface area contributed by atoms with E-state index in [0.717, 1.165) is 40.0 Å². The summed E-state index contributed by atoms with van der Waals surface area (Å²) < 4.78 is 18.3. The van der Waals surface area contributed by atoms with Crippen LogP contribution in [0.4, 0.5) is 10.5 Å². The number of amides is 1. The highest BCUT2D eigenvalue weighted by Gasteiger charge is 2.17. The van der Waals surface area contributed by atoms with E-state index in [2.05, 4.69) is 35.1 Å². The van der Waals surface area contributed by atoms with Crippen LogP contribution >= 0.6 is 0 Å². The molecule has 7 heteroatoms. The first kappa shape index (κ1) is 23.3. The van der Waals surface area contributed by atoms with Crippen molar-refractivity contribution < 1.29 is 19.0 Å². The Labute approximate surface area is 189 Å². The van der Waals surface area contributed by atoms with Crippen LogP contribution in [0.5, 0.6) is 0 Å². The highest BCUT2D eigenvalue weighted by Crippen LogP contribution is 2.26. The van der Waals surface area contributed by atoms with Gasteiger partial charge in [-0.1, -0.05) is 13.0 Å².